The predicted octanol–water partition coefficient (Wildman–Crippen LogP) is 2.21. The molecule has 10 heteroatoms. The lowest BCUT2D eigenvalue weighted by Gasteiger charge is -2.32. The van der Waals surface area contributed by atoms with E-state index in [0.717, 1.165) is 12.3 Å². The van der Waals surface area contributed by atoms with Crippen LogP contribution in [0.3, 0.4) is 0 Å². The summed E-state index contributed by atoms with van der Waals surface area (Å²) in [4.78, 5) is 32.1. The number of aromatic nitrogens is 2. The summed E-state index contributed by atoms with van der Waals surface area (Å²) in [5, 5.41) is 0. The van der Waals surface area contributed by atoms with Gasteiger partial charge in [-0.15, -0.1) is 0 Å². The number of rotatable bonds is 6. The fraction of sp³-hybridized carbons (Fsp3) is 0.625. The minimum Gasteiger partial charge on any atom is -0.466 e. The van der Waals surface area contributed by atoms with Gasteiger partial charge >= 0.3 is 18.2 Å². The molecule has 1 unspecified atom stereocenters. The fourth-order valence-corrected chi connectivity index (χ4v) is 2.57. The number of piperidine rings is 1. The third-order valence-electron chi connectivity index (χ3n) is 3.78. The van der Waals surface area contributed by atoms with Crippen molar-refractivity contribution >= 4 is 11.9 Å². The Balaban J connectivity index is 1.90. The zero-order valence-corrected chi connectivity index (χ0v) is 14.3. The first-order valence-electron chi connectivity index (χ1n) is 8.30. The van der Waals surface area contributed by atoms with Crippen LogP contribution >= 0.6 is 0 Å². The van der Waals surface area contributed by atoms with E-state index < -0.39 is 23.9 Å². The van der Waals surface area contributed by atoms with E-state index in [0.29, 0.717) is 19.4 Å². The van der Waals surface area contributed by atoms with Gasteiger partial charge in [0.15, 0.2) is 5.69 Å². The number of carbonyl (C=O) groups is 2. The number of hydrogen-bond acceptors (Lipinski definition) is 6. The van der Waals surface area contributed by atoms with Crippen LogP contribution in [-0.4, -0.2) is 52.5 Å². The van der Waals surface area contributed by atoms with E-state index >= 15 is 0 Å². The summed E-state index contributed by atoms with van der Waals surface area (Å²) in [6.07, 6.45) is -2.88. The highest BCUT2D eigenvalue weighted by Crippen LogP contribution is 2.28. The Morgan fingerprint density at radius 3 is 2.81 bits per heavy atom. The van der Waals surface area contributed by atoms with Crippen LogP contribution in [0.4, 0.5) is 13.2 Å². The first-order chi connectivity index (χ1) is 12.3. The molecular formula is C16H20F3N3O4. The lowest BCUT2D eigenvalue weighted by atomic mass is 10.1. The van der Waals surface area contributed by atoms with E-state index in [1.165, 1.54) is 4.90 Å². The highest BCUT2D eigenvalue weighted by atomic mass is 19.4. The first-order valence-corrected chi connectivity index (χ1v) is 8.30. The Kier molecular flexibility index (Phi) is 6.76. The van der Waals surface area contributed by atoms with Gasteiger partial charge in [-0.2, -0.15) is 18.2 Å². The van der Waals surface area contributed by atoms with Crippen molar-refractivity contribution in [3.8, 4) is 6.01 Å². The zero-order valence-electron chi connectivity index (χ0n) is 14.3. The maximum absolute atomic E-state index is 12.7. The summed E-state index contributed by atoms with van der Waals surface area (Å²) >= 11 is 0. The van der Waals surface area contributed by atoms with E-state index in [-0.39, 0.29) is 37.9 Å². The molecule has 0 saturated carbocycles. The molecule has 2 heterocycles. The molecule has 1 fully saturated rings. The average Bonchev–Trinajstić information content (AvgIpc) is 2.60. The van der Waals surface area contributed by atoms with Crippen LogP contribution in [0, 0.1) is 0 Å². The minimum absolute atomic E-state index is 0.00850. The van der Waals surface area contributed by atoms with Gasteiger partial charge in [0.2, 0.25) is 5.91 Å². The number of hydrogen-bond donors (Lipinski definition) is 0. The van der Waals surface area contributed by atoms with Crippen molar-refractivity contribution in [3.63, 3.8) is 0 Å². The van der Waals surface area contributed by atoms with Crippen LogP contribution in [-0.2, 0) is 20.5 Å². The summed E-state index contributed by atoms with van der Waals surface area (Å²) in [5.74, 6) is -0.667. The molecule has 0 aromatic carbocycles. The van der Waals surface area contributed by atoms with Gasteiger partial charge in [-0.1, -0.05) is 0 Å². The molecule has 26 heavy (non-hydrogen) atoms. The number of ether oxygens (including phenoxy) is 2. The molecule has 0 spiro atoms. The molecule has 0 N–H and O–H groups in total. The highest BCUT2D eigenvalue weighted by molar-refractivity contribution is 5.81. The van der Waals surface area contributed by atoms with E-state index in [2.05, 4.69) is 9.97 Å². The van der Waals surface area contributed by atoms with E-state index in [1.807, 2.05) is 0 Å². The second-order valence-corrected chi connectivity index (χ2v) is 5.75. The van der Waals surface area contributed by atoms with Gasteiger partial charge in [0.25, 0.3) is 0 Å². The second-order valence-electron chi connectivity index (χ2n) is 5.75. The quantitative estimate of drug-likeness (QED) is 0.709. The maximum atomic E-state index is 12.7. The lowest BCUT2D eigenvalue weighted by molar-refractivity contribution is -0.146. The molecule has 1 amide bonds. The largest absolute Gasteiger partial charge is 0.466 e. The van der Waals surface area contributed by atoms with Crippen molar-refractivity contribution in [2.75, 3.05) is 19.7 Å². The van der Waals surface area contributed by atoms with Crippen molar-refractivity contribution < 1.29 is 32.2 Å². The molecule has 0 bridgehead atoms. The predicted molar refractivity (Wildman–Crippen MR) is 83.1 cm³/mol. The molecule has 144 valence electrons. The number of amides is 1. The Bertz CT molecular complexity index is 639. The average molecular weight is 375 g/mol. The second kappa shape index (κ2) is 8.81. The van der Waals surface area contributed by atoms with Crippen molar-refractivity contribution in [3.05, 3.63) is 18.0 Å². The number of carbonyl (C=O) groups excluding carboxylic acids is 2. The molecule has 1 saturated heterocycles. The van der Waals surface area contributed by atoms with Gasteiger partial charge in [0, 0.05) is 19.2 Å². The Labute approximate surface area is 148 Å². The molecule has 0 aliphatic carbocycles. The number of nitrogens with zero attached hydrogens (tertiary/aromatic N) is 3. The van der Waals surface area contributed by atoms with Gasteiger partial charge < -0.3 is 14.4 Å². The van der Waals surface area contributed by atoms with Crippen LogP contribution in [0.25, 0.3) is 0 Å². The minimum atomic E-state index is -4.58. The molecular weight excluding hydrogens is 355 g/mol. The van der Waals surface area contributed by atoms with Crippen LogP contribution in [0.2, 0.25) is 0 Å². The van der Waals surface area contributed by atoms with Crippen LogP contribution in [0.15, 0.2) is 12.3 Å². The Morgan fingerprint density at radius 1 is 1.35 bits per heavy atom. The van der Waals surface area contributed by atoms with Crippen LogP contribution in [0.1, 0.15) is 38.3 Å². The Hall–Kier alpha value is -2.39. The van der Waals surface area contributed by atoms with Gasteiger partial charge in [-0.25, -0.2) is 4.98 Å². The summed E-state index contributed by atoms with van der Waals surface area (Å²) < 4.78 is 48.3. The molecule has 1 aromatic heterocycles. The van der Waals surface area contributed by atoms with Gasteiger partial charge in [0.05, 0.1) is 19.6 Å². The van der Waals surface area contributed by atoms with Crippen molar-refractivity contribution in [1.29, 1.82) is 0 Å². The molecule has 1 atom stereocenters. The van der Waals surface area contributed by atoms with E-state index in [9.17, 15) is 22.8 Å². The molecule has 1 aliphatic rings. The molecule has 0 radical (unpaired) electrons. The number of likely N-dealkylation sites (tertiary alicyclic amines) is 1. The monoisotopic (exact) mass is 375 g/mol. The summed E-state index contributed by atoms with van der Waals surface area (Å²) in [7, 11) is 0. The Morgan fingerprint density at radius 2 is 2.12 bits per heavy atom. The van der Waals surface area contributed by atoms with Gasteiger partial charge in [-0.05, 0) is 25.8 Å². The van der Waals surface area contributed by atoms with Crippen LogP contribution < -0.4 is 4.74 Å². The topological polar surface area (TPSA) is 81.6 Å². The smallest absolute Gasteiger partial charge is 0.433 e. The number of esters is 1. The molecule has 1 aromatic rings. The lowest BCUT2D eigenvalue weighted by Crippen LogP contribution is -2.44. The fourth-order valence-electron chi connectivity index (χ4n) is 2.57. The van der Waals surface area contributed by atoms with Gasteiger partial charge in [0.1, 0.15) is 6.10 Å². The highest BCUT2D eigenvalue weighted by Gasteiger charge is 2.33. The maximum Gasteiger partial charge on any atom is 0.433 e. The molecule has 7 nitrogen and oxygen atoms in total. The zero-order chi connectivity index (χ0) is 19.2. The summed E-state index contributed by atoms with van der Waals surface area (Å²) in [5.41, 5.74) is -1.08. The molecule has 2 rings (SSSR count). The van der Waals surface area contributed by atoms with Gasteiger partial charge in [-0.3, -0.25) is 9.59 Å². The first kappa shape index (κ1) is 19.9. The van der Waals surface area contributed by atoms with Crippen molar-refractivity contribution in [1.82, 2.24) is 14.9 Å². The van der Waals surface area contributed by atoms with E-state index in [1.54, 1.807) is 6.92 Å². The number of alkyl halides is 3. The normalized spacial score (nSPS) is 17.7. The third kappa shape index (κ3) is 5.85. The summed E-state index contributed by atoms with van der Waals surface area (Å²) in [6, 6.07) is 0.393. The summed E-state index contributed by atoms with van der Waals surface area (Å²) in [6.45, 7) is 2.65. The molecule has 1 aliphatic heterocycles. The van der Waals surface area contributed by atoms with Crippen molar-refractivity contribution in [2.45, 2.75) is 44.9 Å². The van der Waals surface area contributed by atoms with Crippen LogP contribution in [0.5, 0.6) is 6.01 Å². The third-order valence-corrected chi connectivity index (χ3v) is 3.78. The van der Waals surface area contributed by atoms with E-state index in [4.69, 9.17) is 9.47 Å². The SMILES string of the molecule is CCOC(=O)CCC(=O)N1CCCC(Oc2nccc(C(F)(F)F)n2)C1. The van der Waals surface area contributed by atoms with Crippen molar-refractivity contribution in [2.24, 2.45) is 0 Å². The standard InChI is InChI=1S/C16H20F3N3O4/c1-2-25-14(24)6-5-13(23)22-9-3-4-11(10-22)26-15-20-8-7-12(21-15)16(17,18)19/h7-8,11H,2-6,9-10H2,1H3. The number of halogens is 3.